The van der Waals surface area contributed by atoms with E-state index in [1.165, 1.54) is 89.9 Å². The first kappa shape index (κ1) is 24.5. The van der Waals surface area contributed by atoms with Crippen molar-refractivity contribution >= 4 is 5.97 Å². The maximum Gasteiger partial charge on any atom is 0.308 e. The molecule has 0 rings (SSSR count). The molecular weight excluding hydrogens is 308 g/mol. The van der Waals surface area contributed by atoms with Gasteiger partial charge >= 0.3 is 5.97 Å². The Morgan fingerprint density at radius 2 is 0.960 bits per heavy atom. The minimum atomic E-state index is 0.00960. The third-order valence-corrected chi connectivity index (χ3v) is 5.31. The van der Waals surface area contributed by atoms with E-state index in [-0.39, 0.29) is 11.9 Å². The summed E-state index contributed by atoms with van der Waals surface area (Å²) in [5.41, 5.74) is 0. The fourth-order valence-corrected chi connectivity index (χ4v) is 3.39. The summed E-state index contributed by atoms with van der Waals surface area (Å²) in [6, 6.07) is 0. The van der Waals surface area contributed by atoms with Gasteiger partial charge in [-0.1, -0.05) is 111 Å². The monoisotopic (exact) mass is 354 g/mol. The molecule has 0 unspecified atom stereocenters. The van der Waals surface area contributed by atoms with Gasteiger partial charge in [-0.05, 0) is 19.3 Å². The number of hydrogen-bond acceptors (Lipinski definition) is 2. The van der Waals surface area contributed by atoms with Crippen LogP contribution in [0.5, 0.6) is 0 Å². The van der Waals surface area contributed by atoms with Gasteiger partial charge in [0, 0.05) is 0 Å². The number of unbranched alkanes of at least 4 members (excludes halogenated alkanes) is 14. The quantitative estimate of drug-likeness (QED) is 0.174. The minimum absolute atomic E-state index is 0.00960. The normalized spacial score (nSPS) is 11.2. The van der Waals surface area contributed by atoms with E-state index in [4.69, 9.17) is 4.74 Å². The van der Waals surface area contributed by atoms with E-state index in [2.05, 4.69) is 20.8 Å². The van der Waals surface area contributed by atoms with Crippen molar-refractivity contribution in [2.45, 2.75) is 130 Å². The van der Waals surface area contributed by atoms with Crippen molar-refractivity contribution in [1.29, 1.82) is 0 Å². The molecule has 0 atom stereocenters. The van der Waals surface area contributed by atoms with Gasteiger partial charge in [0.25, 0.3) is 0 Å². The predicted molar refractivity (Wildman–Crippen MR) is 110 cm³/mol. The van der Waals surface area contributed by atoms with Gasteiger partial charge in [0.05, 0.1) is 12.5 Å². The molecule has 0 N–H and O–H groups in total. The lowest BCUT2D eigenvalue weighted by molar-refractivity contribution is -0.148. The van der Waals surface area contributed by atoms with Gasteiger partial charge < -0.3 is 4.74 Å². The van der Waals surface area contributed by atoms with Crippen molar-refractivity contribution in [3.05, 3.63) is 0 Å². The highest BCUT2D eigenvalue weighted by molar-refractivity contribution is 5.72. The molecule has 2 heteroatoms. The molecule has 0 fully saturated rings. The zero-order valence-corrected chi connectivity index (χ0v) is 17.6. The molecule has 0 aromatic heterocycles. The first-order valence-corrected chi connectivity index (χ1v) is 11.4. The molecule has 25 heavy (non-hydrogen) atoms. The van der Waals surface area contributed by atoms with Gasteiger partial charge in [0.15, 0.2) is 0 Å². The van der Waals surface area contributed by atoms with Crippen LogP contribution in [0.4, 0.5) is 0 Å². The van der Waals surface area contributed by atoms with Gasteiger partial charge in [-0.15, -0.1) is 0 Å². The Labute approximate surface area is 158 Å². The smallest absolute Gasteiger partial charge is 0.308 e. The number of carbonyl (C=O) groups is 1. The molecule has 0 saturated carbocycles. The van der Waals surface area contributed by atoms with E-state index in [1.807, 2.05) is 0 Å². The summed E-state index contributed by atoms with van der Waals surface area (Å²) in [5.74, 6) is 0.117. The molecular formula is C23H46O2. The van der Waals surface area contributed by atoms with Crippen molar-refractivity contribution in [2.75, 3.05) is 6.61 Å². The zero-order valence-electron chi connectivity index (χ0n) is 17.6. The van der Waals surface area contributed by atoms with Crippen LogP contribution in [0.25, 0.3) is 0 Å². The van der Waals surface area contributed by atoms with Crippen LogP contribution in [0.1, 0.15) is 130 Å². The van der Waals surface area contributed by atoms with Crippen LogP contribution in [-0.4, -0.2) is 12.6 Å². The highest BCUT2D eigenvalue weighted by atomic mass is 16.5. The second-order valence-corrected chi connectivity index (χ2v) is 7.63. The van der Waals surface area contributed by atoms with Gasteiger partial charge in [0.1, 0.15) is 0 Å². The molecule has 0 heterocycles. The second-order valence-electron chi connectivity index (χ2n) is 7.63. The standard InChI is InChI=1S/C23H46O2/c1-4-7-8-9-10-11-12-13-14-15-16-17-18-19-20-21-25-23(24)22(5-2)6-3/h22H,4-21H2,1-3H3. The average molecular weight is 355 g/mol. The zero-order chi connectivity index (χ0) is 18.6. The molecule has 0 radical (unpaired) electrons. The van der Waals surface area contributed by atoms with Crippen LogP contribution in [-0.2, 0) is 9.53 Å². The number of hydrogen-bond donors (Lipinski definition) is 0. The topological polar surface area (TPSA) is 26.3 Å². The third kappa shape index (κ3) is 16.7. The molecule has 2 nitrogen and oxygen atoms in total. The van der Waals surface area contributed by atoms with E-state index in [1.54, 1.807) is 0 Å². The van der Waals surface area contributed by atoms with E-state index in [9.17, 15) is 4.79 Å². The highest BCUT2D eigenvalue weighted by Gasteiger charge is 2.14. The number of ether oxygens (including phenoxy) is 1. The van der Waals surface area contributed by atoms with Gasteiger partial charge in [-0.2, -0.15) is 0 Å². The van der Waals surface area contributed by atoms with Crippen molar-refractivity contribution < 1.29 is 9.53 Å². The number of esters is 1. The average Bonchev–Trinajstić information content (AvgIpc) is 2.62. The lowest BCUT2D eigenvalue weighted by Crippen LogP contribution is -2.16. The fourth-order valence-electron chi connectivity index (χ4n) is 3.39. The van der Waals surface area contributed by atoms with Crippen molar-refractivity contribution in [3.63, 3.8) is 0 Å². The van der Waals surface area contributed by atoms with Gasteiger partial charge in [-0.25, -0.2) is 0 Å². The molecule has 0 bridgehead atoms. The summed E-state index contributed by atoms with van der Waals surface area (Å²) in [6.45, 7) is 7.02. The van der Waals surface area contributed by atoms with Gasteiger partial charge in [-0.3, -0.25) is 4.79 Å². The number of carbonyl (C=O) groups excluding carboxylic acids is 1. The largest absolute Gasteiger partial charge is 0.465 e. The summed E-state index contributed by atoms with van der Waals surface area (Å²) < 4.78 is 5.36. The Hall–Kier alpha value is -0.530. The fraction of sp³-hybridized carbons (Fsp3) is 0.957. The Morgan fingerprint density at radius 1 is 0.600 bits per heavy atom. The van der Waals surface area contributed by atoms with Crippen molar-refractivity contribution in [1.82, 2.24) is 0 Å². The first-order valence-electron chi connectivity index (χ1n) is 11.4. The molecule has 0 amide bonds. The Balaban J connectivity index is 3.15. The maximum atomic E-state index is 11.7. The minimum Gasteiger partial charge on any atom is -0.465 e. The van der Waals surface area contributed by atoms with Gasteiger partial charge in [0.2, 0.25) is 0 Å². The Kier molecular flexibility index (Phi) is 19.4. The van der Waals surface area contributed by atoms with Crippen LogP contribution >= 0.6 is 0 Å². The van der Waals surface area contributed by atoms with Crippen molar-refractivity contribution in [3.8, 4) is 0 Å². The molecule has 0 saturated heterocycles. The van der Waals surface area contributed by atoms with E-state index in [0.29, 0.717) is 6.61 Å². The van der Waals surface area contributed by atoms with Crippen LogP contribution in [0.3, 0.4) is 0 Å². The first-order chi connectivity index (χ1) is 12.3. The van der Waals surface area contributed by atoms with E-state index < -0.39 is 0 Å². The summed E-state index contributed by atoms with van der Waals surface area (Å²) >= 11 is 0. The van der Waals surface area contributed by atoms with Crippen molar-refractivity contribution in [2.24, 2.45) is 5.92 Å². The second kappa shape index (κ2) is 19.8. The predicted octanol–water partition coefficient (Wildman–Crippen LogP) is 7.84. The summed E-state index contributed by atoms with van der Waals surface area (Å²) in [6.07, 6.45) is 22.3. The molecule has 0 aliphatic carbocycles. The molecule has 0 aromatic rings. The maximum absolute atomic E-state index is 11.7. The van der Waals surface area contributed by atoms with Crippen LogP contribution in [0.2, 0.25) is 0 Å². The van der Waals surface area contributed by atoms with Crippen LogP contribution < -0.4 is 0 Å². The highest BCUT2D eigenvalue weighted by Crippen LogP contribution is 2.14. The van der Waals surface area contributed by atoms with Crippen LogP contribution in [0.15, 0.2) is 0 Å². The van der Waals surface area contributed by atoms with E-state index in [0.717, 1.165) is 19.3 Å². The number of rotatable bonds is 19. The summed E-state index contributed by atoms with van der Waals surface area (Å²) in [5, 5.41) is 0. The molecule has 0 aromatic carbocycles. The molecule has 0 aliphatic rings. The summed E-state index contributed by atoms with van der Waals surface area (Å²) in [7, 11) is 0. The van der Waals surface area contributed by atoms with Crippen LogP contribution in [0, 0.1) is 5.92 Å². The lowest BCUT2D eigenvalue weighted by Gasteiger charge is -2.11. The lowest BCUT2D eigenvalue weighted by atomic mass is 10.0. The van der Waals surface area contributed by atoms with E-state index >= 15 is 0 Å². The Bertz CT molecular complexity index is 271. The molecule has 0 aliphatic heterocycles. The SMILES string of the molecule is CCCCCCCCCCCCCCCCCOC(=O)C(CC)CC. The molecule has 150 valence electrons. The Morgan fingerprint density at radius 3 is 1.32 bits per heavy atom. The molecule has 0 spiro atoms. The third-order valence-electron chi connectivity index (χ3n) is 5.31. The summed E-state index contributed by atoms with van der Waals surface area (Å²) in [4.78, 5) is 11.7.